The Kier molecular flexibility index (Phi) is 11.9. The van der Waals surface area contributed by atoms with E-state index in [1.54, 1.807) is 0 Å². The van der Waals surface area contributed by atoms with Crippen molar-refractivity contribution < 1.29 is 14.3 Å². The summed E-state index contributed by atoms with van der Waals surface area (Å²) < 4.78 is 6.80. The highest BCUT2D eigenvalue weighted by molar-refractivity contribution is 8.15. The third-order valence-electron chi connectivity index (χ3n) is 3.27. The number of benzene rings is 1. The zero-order valence-electron chi connectivity index (χ0n) is 15.7. The fourth-order valence-corrected chi connectivity index (χ4v) is 3.85. The molecule has 5 nitrogen and oxygen atoms in total. The summed E-state index contributed by atoms with van der Waals surface area (Å²) in [5.74, 6) is -0.304. The van der Waals surface area contributed by atoms with Gasteiger partial charge >= 0.3 is 5.97 Å². The first kappa shape index (κ1) is 22.6. The maximum absolute atomic E-state index is 11.8. The predicted molar refractivity (Wildman–Crippen MR) is 110 cm³/mol. The Balaban J connectivity index is 0.000000597. The number of ether oxygens (including phenoxy) is 1. The Morgan fingerprint density at radius 3 is 2.50 bits per heavy atom. The summed E-state index contributed by atoms with van der Waals surface area (Å²) in [7, 11) is 0. The van der Waals surface area contributed by atoms with Gasteiger partial charge in [-0.1, -0.05) is 39.3 Å². The van der Waals surface area contributed by atoms with Crippen LogP contribution in [0.15, 0.2) is 28.6 Å². The van der Waals surface area contributed by atoms with E-state index in [2.05, 4.69) is 24.1 Å². The molecule has 0 aliphatic heterocycles. The zero-order valence-corrected chi connectivity index (χ0v) is 17.4. The van der Waals surface area contributed by atoms with Crippen LogP contribution in [0.25, 0.3) is 10.2 Å². The van der Waals surface area contributed by atoms with E-state index in [1.165, 1.54) is 11.3 Å². The summed E-state index contributed by atoms with van der Waals surface area (Å²) in [6, 6.07) is 7.77. The van der Waals surface area contributed by atoms with Crippen LogP contribution in [-0.2, 0) is 14.3 Å². The molecule has 0 saturated heterocycles. The molecule has 0 bridgehead atoms. The van der Waals surface area contributed by atoms with Crippen molar-refractivity contribution in [2.45, 2.75) is 50.8 Å². The minimum absolute atomic E-state index is 0.0542. The molecule has 144 valence electrons. The van der Waals surface area contributed by atoms with Crippen molar-refractivity contribution in [2.24, 2.45) is 0 Å². The summed E-state index contributed by atoms with van der Waals surface area (Å²) in [6.07, 6.45) is 2.17. The predicted octanol–water partition coefficient (Wildman–Crippen LogP) is 4.65. The molecule has 0 aliphatic rings. The molecule has 1 N–H and O–H groups in total. The van der Waals surface area contributed by atoms with Crippen LogP contribution in [0.4, 0.5) is 0 Å². The van der Waals surface area contributed by atoms with E-state index in [1.807, 2.05) is 31.2 Å². The maximum atomic E-state index is 11.8. The average molecular weight is 397 g/mol. The van der Waals surface area contributed by atoms with Gasteiger partial charge in [-0.3, -0.25) is 9.59 Å². The number of nitrogens with zero attached hydrogens (tertiary/aromatic N) is 1. The molecule has 2 aromatic rings. The van der Waals surface area contributed by atoms with Gasteiger partial charge in [0, 0.05) is 6.42 Å². The number of thioether (sulfide) groups is 1. The van der Waals surface area contributed by atoms with Crippen LogP contribution in [0, 0.1) is 0 Å². The number of aromatic nitrogens is 1. The molecule has 0 radical (unpaired) electrons. The fraction of sp³-hybridized carbons (Fsp3) is 0.526. The van der Waals surface area contributed by atoms with Gasteiger partial charge in [-0.05, 0) is 43.4 Å². The molecule has 0 fully saturated rings. The molecular formula is C19H28N2O3S2. The number of thiazole rings is 1. The summed E-state index contributed by atoms with van der Waals surface area (Å²) in [5.41, 5.74) is 0.900. The number of para-hydroxylation sites is 1. The fourth-order valence-electron chi connectivity index (χ4n) is 1.90. The normalized spacial score (nSPS) is 10.3. The van der Waals surface area contributed by atoms with Crippen LogP contribution in [0.5, 0.6) is 0 Å². The van der Waals surface area contributed by atoms with Gasteiger partial charge in [0.05, 0.1) is 23.2 Å². The zero-order chi connectivity index (χ0) is 19.2. The Morgan fingerprint density at radius 2 is 1.88 bits per heavy atom. The summed E-state index contributed by atoms with van der Waals surface area (Å²) in [4.78, 5) is 27.6. The second kappa shape index (κ2) is 13.7. The molecule has 0 amide bonds. The van der Waals surface area contributed by atoms with Gasteiger partial charge in [-0.25, -0.2) is 4.98 Å². The Labute approximate surface area is 163 Å². The van der Waals surface area contributed by atoms with Crippen molar-refractivity contribution in [3.05, 3.63) is 24.3 Å². The Bertz CT molecular complexity index is 639. The van der Waals surface area contributed by atoms with Crippen LogP contribution >= 0.6 is 23.1 Å². The Morgan fingerprint density at radius 1 is 1.15 bits per heavy atom. The molecule has 0 unspecified atom stereocenters. The summed E-state index contributed by atoms with van der Waals surface area (Å²) in [6.45, 7) is 8.86. The highest BCUT2D eigenvalue weighted by Gasteiger charge is 2.12. The number of carbonyl (C=O) groups excluding carboxylic acids is 2. The summed E-state index contributed by atoms with van der Waals surface area (Å²) >= 11 is 2.59. The number of unbranched alkanes of at least 4 members (excludes halogenated alkanes) is 1. The van der Waals surface area contributed by atoms with E-state index in [0.717, 1.165) is 52.2 Å². The standard InChI is InChI=1S/C15H17NO3S2.C4H11N/c1-2-3-10-19-13(17)8-9-14(18)21-15-16-11-6-4-5-7-12(11)20-15;1-3-5-4-2/h4-7H,2-3,8-10H2,1H3;5H,3-4H2,1-2H3. The molecule has 1 aromatic heterocycles. The van der Waals surface area contributed by atoms with Crippen molar-refractivity contribution in [3.63, 3.8) is 0 Å². The van der Waals surface area contributed by atoms with Gasteiger partial charge in [0.25, 0.3) is 0 Å². The molecule has 0 atom stereocenters. The van der Waals surface area contributed by atoms with Crippen LogP contribution in [-0.4, -0.2) is 35.8 Å². The third kappa shape index (κ3) is 9.31. The number of rotatable bonds is 9. The number of carbonyl (C=O) groups is 2. The minimum atomic E-state index is -0.304. The number of hydrogen-bond acceptors (Lipinski definition) is 7. The van der Waals surface area contributed by atoms with E-state index in [0.29, 0.717) is 6.61 Å². The first-order chi connectivity index (χ1) is 12.6. The monoisotopic (exact) mass is 396 g/mol. The van der Waals surface area contributed by atoms with E-state index >= 15 is 0 Å². The van der Waals surface area contributed by atoms with Crippen LogP contribution < -0.4 is 5.32 Å². The summed E-state index contributed by atoms with van der Waals surface area (Å²) in [5, 5.41) is 3.06. The largest absolute Gasteiger partial charge is 0.466 e. The third-order valence-corrected chi connectivity index (χ3v) is 5.30. The van der Waals surface area contributed by atoms with Crippen molar-refractivity contribution in [1.29, 1.82) is 0 Å². The van der Waals surface area contributed by atoms with E-state index in [4.69, 9.17) is 4.74 Å². The lowest BCUT2D eigenvalue weighted by molar-refractivity contribution is -0.144. The van der Waals surface area contributed by atoms with Crippen molar-refractivity contribution in [3.8, 4) is 0 Å². The van der Waals surface area contributed by atoms with Gasteiger partial charge < -0.3 is 10.1 Å². The van der Waals surface area contributed by atoms with E-state index in [-0.39, 0.29) is 23.9 Å². The van der Waals surface area contributed by atoms with Crippen molar-refractivity contribution >= 4 is 44.4 Å². The second-order valence-electron chi connectivity index (χ2n) is 5.45. The first-order valence-corrected chi connectivity index (χ1v) is 10.7. The van der Waals surface area contributed by atoms with Crippen LogP contribution in [0.1, 0.15) is 46.5 Å². The lowest BCUT2D eigenvalue weighted by Gasteiger charge is -2.02. The van der Waals surface area contributed by atoms with Gasteiger partial charge in [-0.2, -0.15) is 0 Å². The van der Waals surface area contributed by atoms with Crippen LogP contribution in [0.2, 0.25) is 0 Å². The minimum Gasteiger partial charge on any atom is -0.466 e. The SMILES string of the molecule is CCCCOC(=O)CCC(=O)Sc1nc2ccccc2s1.CCNCC. The molecule has 0 spiro atoms. The molecule has 7 heteroatoms. The molecule has 1 heterocycles. The topological polar surface area (TPSA) is 68.3 Å². The lowest BCUT2D eigenvalue weighted by atomic mass is 10.3. The maximum Gasteiger partial charge on any atom is 0.306 e. The number of esters is 1. The van der Waals surface area contributed by atoms with E-state index in [9.17, 15) is 9.59 Å². The van der Waals surface area contributed by atoms with Gasteiger partial charge in [0.15, 0.2) is 9.45 Å². The highest BCUT2D eigenvalue weighted by atomic mass is 32.2. The number of fused-ring (bicyclic) bond motifs is 1. The average Bonchev–Trinajstić information content (AvgIpc) is 3.03. The quantitative estimate of drug-likeness (QED) is 0.378. The Hall–Kier alpha value is -1.44. The highest BCUT2D eigenvalue weighted by Crippen LogP contribution is 2.30. The van der Waals surface area contributed by atoms with E-state index < -0.39 is 0 Å². The van der Waals surface area contributed by atoms with Crippen molar-refractivity contribution in [1.82, 2.24) is 10.3 Å². The number of hydrogen-bond donors (Lipinski definition) is 1. The molecule has 2 rings (SSSR count). The van der Waals surface area contributed by atoms with Gasteiger partial charge in [0.2, 0.25) is 0 Å². The van der Waals surface area contributed by atoms with Crippen LogP contribution in [0.3, 0.4) is 0 Å². The first-order valence-electron chi connectivity index (χ1n) is 9.03. The smallest absolute Gasteiger partial charge is 0.306 e. The van der Waals surface area contributed by atoms with Gasteiger partial charge in [0.1, 0.15) is 0 Å². The lowest BCUT2D eigenvalue weighted by Crippen LogP contribution is -2.09. The second-order valence-corrected chi connectivity index (χ2v) is 7.79. The van der Waals surface area contributed by atoms with Crippen molar-refractivity contribution in [2.75, 3.05) is 19.7 Å². The molecule has 0 saturated carbocycles. The molecule has 0 aliphatic carbocycles. The molecular weight excluding hydrogens is 368 g/mol. The number of nitrogens with one attached hydrogen (secondary N) is 1. The molecule has 1 aromatic carbocycles. The molecule has 26 heavy (non-hydrogen) atoms. The van der Waals surface area contributed by atoms with Gasteiger partial charge in [-0.15, -0.1) is 11.3 Å².